The van der Waals surface area contributed by atoms with Crippen LogP contribution in [-0.2, 0) is 24.2 Å². The highest BCUT2D eigenvalue weighted by Gasteiger charge is 2.29. The van der Waals surface area contributed by atoms with Crippen molar-refractivity contribution < 1.29 is 9.59 Å². The Bertz CT molecular complexity index is 833. The second kappa shape index (κ2) is 6.59. The van der Waals surface area contributed by atoms with Crippen molar-refractivity contribution >= 4 is 17.5 Å². The summed E-state index contributed by atoms with van der Waals surface area (Å²) >= 11 is 0. The molecule has 0 aromatic carbocycles. The van der Waals surface area contributed by atoms with Crippen molar-refractivity contribution in [3.63, 3.8) is 0 Å². The van der Waals surface area contributed by atoms with E-state index in [1.165, 1.54) is 0 Å². The van der Waals surface area contributed by atoms with Crippen LogP contribution in [-0.4, -0.2) is 49.8 Å². The number of carbonyl (C=O) groups excluding carboxylic acids is 2. The van der Waals surface area contributed by atoms with Gasteiger partial charge in [-0.3, -0.25) is 19.4 Å². The van der Waals surface area contributed by atoms with Gasteiger partial charge in [0.15, 0.2) is 5.69 Å². The molecule has 1 atom stereocenters. The van der Waals surface area contributed by atoms with Gasteiger partial charge in [0.05, 0.1) is 11.9 Å². The molecule has 138 valence electrons. The number of fused-ring (bicyclic) bond motifs is 1. The van der Waals surface area contributed by atoms with Gasteiger partial charge in [0.25, 0.3) is 5.91 Å². The molecule has 2 N–H and O–H groups in total. The van der Waals surface area contributed by atoms with Gasteiger partial charge in [-0.1, -0.05) is 6.92 Å². The van der Waals surface area contributed by atoms with Crippen LogP contribution in [0.25, 0.3) is 0 Å². The summed E-state index contributed by atoms with van der Waals surface area (Å²) in [4.78, 5) is 25.6. The first-order valence-corrected chi connectivity index (χ1v) is 9.15. The number of nitrogens with one attached hydrogen (secondary N) is 2. The first-order valence-electron chi connectivity index (χ1n) is 9.15. The first-order chi connectivity index (χ1) is 12.5. The first kappa shape index (κ1) is 16.8. The van der Waals surface area contributed by atoms with E-state index in [0.29, 0.717) is 23.2 Å². The third kappa shape index (κ3) is 3.23. The molecule has 1 fully saturated rings. The molecule has 8 heteroatoms. The van der Waals surface area contributed by atoms with E-state index in [1.54, 1.807) is 13.1 Å². The monoisotopic (exact) mass is 356 g/mol. The van der Waals surface area contributed by atoms with Crippen LogP contribution in [0, 0.1) is 11.8 Å². The number of aromatic nitrogens is 4. The van der Waals surface area contributed by atoms with Gasteiger partial charge in [0, 0.05) is 49.9 Å². The largest absolute Gasteiger partial charge is 0.342 e. The lowest BCUT2D eigenvalue weighted by Gasteiger charge is -2.38. The quantitative estimate of drug-likeness (QED) is 0.867. The van der Waals surface area contributed by atoms with Crippen LogP contribution in [0.15, 0.2) is 12.4 Å². The van der Waals surface area contributed by atoms with Crippen molar-refractivity contribution in [2.24, 2.45) is 11.8 Å². The Morgan fingerprint density at radius 3 is 2.96 bits per heavy atom. The Labute approximate surface area is 151 Å². The fourth-order valence-electron chi connectivity index (χ4n) is 3.79. The van der Waals surface area contributed by atoms with Crippen LogP contribution >= 0.6 is 0 Å². The lowest BCUT2D eigenvalue weighted by molar-refractivity contribution is -0.135. The van der Waals surface area contributed by atoms with Crippen molar-refractivity contribution in [3.05, 3.63) is 29.3 Å². The Morgan fingerprint density at radius 2 is 2.19 bits per heavy atom. The van der Waals surface area contributed by atoms with E-state index >= 15 is 0 Å². The lowest BCUT2D eigenvalue weighted by atomic mass is 9.88. The molecule has 2 aromatic heterocycles. The highest BCUT2D eigenvalue weighted by molar-refractivity contribution is 6.03. The summed E-state index contributed by atoms with van der Waals surface area (Å²) in [5.41, 5.74) is 3.30. The molecule has 0 radical (unpaired) electrons. The average molecular weight is 356 g/mol. The summed E-state index contributed by atoms with van der Waals surface area (Å²) in [6, 6.07) is 0. The summed E-state index contributed by atoms with van der Waals surface area (Å²) in [5.74, 6) is 0.972. The summed E-state index contributed by atoms with van der Waals surface area (Å²) in [6.45, 7) is 6.10. The van der Waals surface area contributed by atoms with Gasteiger partial charge in [-0.2, -0.15) is 10.2 Å². The number of H-pyrrole nitrogens is 1. The van der Waals surface area contributed by atoms with E-state index in [-0.39, 0.29) is 11.8 Å². The fourth-order valence-corrected chi connectivity index (χ4v) is 3.79. The highest BCUT2D eigenvalue weighted by atomic mass is 16.2. The Hall–Kier alpha value is -2.64. The summed E-state index contributed by atoms with van der Waals surface area (Å²) in [6.07, 6.45) is 6.41. The zero-order chi connectivity index (χ0) is 18.3. The molecular weight excluding hydrogens is 332 g/mol. The van der Waals surface area contributed by atoms with Crippen molar-refractivity contribution in [2.45, 2.75) is 39.7 Å². The molecule has 1 saturated heterocycles. The minimum Gasteiger partial charge on any atom is -0.342 e. The summed E-state index contributed by atoms with van der Waals surface area (Å²) < 4.78 is 1.82. The number of rotatable bonds is 4. The second-order valence-corrected chi connectivity index (χ2v) is 7.57. The van der Waals surface area contributed by atoms with E-state index in [0.717, 1.165) is 50.2 Å². The predicted octanol–water partition coefficient (Wildman–Crippen LogP) is 1.46. The fraction of sp³-hybridized carbons (Fsp3) is 0.556. The van der Waals surface area contributed by atoms with Gasteiger partial charge in [-0.25, -0.2) is 0 Å². The van der Waals surface area contributed by atoms with E-state index < -0.39 is 0 Å². The van der Waals surface area contributed by atoms with Crippen LogP contribution in [0.1, 0.15) is 42.0 Å². The second-order valence-electron chi connectivity index (χ2n) is 7.57. The number of hydrogen-bond donors (Lipinski definition) is 2. The van der Waals surface area contributed by atoms with E-state index in [4.69, 9.17) is 0 Å². The number of likely N-dealkylation sites (tertiary alicyclic amines) is 1. The predicted molar refractivity (Wildman–Crippen MR) is 95.7 cm³/mol. The number of nitrogens with zero attached hydrogens (tertiary/aromatic N) is 4. The molecule has 4 rings (SSSR count). The van der Waals surface area contributed by atoms with E-state index in [2.05, 4.69) is 27.5 Å². The van der Waals surface area contributed by atoms with Crippen molar-refractivity contribution in [2.75, 3.05) is 18.4 Å². The zero-order valence-electron chi connectivity index (χ0n) is 15.2. The lowest BCUT2D eigenvalue weighted by Crippen LogP contribution is -2.50. The number of carbonyl (C=O) groups is 2. The molecule has 1 aliphatic carbocycles. The van der Waals surface area contributed by atoms with Gasteiger partial charge in [-0.05, 0) is 25.2 Å². The third-order valence-electron chi connectivity index (χ3n) is 5.35. The van der Waals surface area contributed by atoms with Crippen molar-refractivity contribution in [1.82, 2.24) is 24.9 Å². The molecule has 2 amide bonds. The standard InChI is InChI=1S/C18H24N6O2/c1-11-3-4-15-16(5-11)21-22-17(15)18(26)20-14-6-19-24(10-14)9-13-7-23(8-13)12(2)25/h6,10-11,13H,3-5,7-9H2,1-2H3,(H,20,26)(H,21,22). The van der Waals surface area contributed by atoms with E-state index in [9.17, 15) is 9.59 Å². The smallest absolute Gasteiger partial charge is 0.276 e. The molecule has 1 unspecified atom stereocenters. The van der Waals surface area contributed by atoms with Gasteiger partial charge >= 0.3 is 0 Å². The van der Waals surface area contributed by atoms with Gasteiger partial charge < -0.3 is 10.2 Å². The molecule has 2 aromatic rings. The number of amides is 2. The number of hydrogen-bond acceptors (Lipinski definition) is 4. The molecule has 26 heavy (non-hydrogen) atoms. The minimum atomic E-state index is -0.192. The molecule has 0 bridgehead atoms. The maximum Gasteiger partial charge on any atom is 0.276 e. The summed E-state index contributed by atoms with van der Waals surface area (Å²) in [5, 5.41) is 14.5. The third-order valence-corrected chi connectivity index (χ3v) is 5.35. The minimum absolute atomic E-state index is 0.117. The normalized spacial score (nSPS) is 19.8. The molecule has 8 nitrogen and oxygen atoms in total. The Morgan fingerprint density at radius 1 is 1.38 bits per heavy atom. The maximum atomic E-state index is 12.6. The van der Waals surface area contributed by atoms with Crippen LogP contribution < -0.4 is 5.32 Å². The van der Waals surface area contributed by atoms with Crippen LogP contribution in [0.5, 0.6) is 0 Å². The van der Waals surface area contributed by atoms with Crippen molar-refractivity contribution in [3.8, 4) is 0 Å². The molecular formula is C18H24N6O2. The molecule has 3 heterocycles. The SMILES string of the molecule is CC(=O)N1CC(Cn2cc(NC(=O)c3n[nH]c4c3CCC(C)C4)cn2)C1. The van der Waals surface area contributed by atoms with Gasteiger partial charge in [0.2, 0.25) is 5.91 Å². The topological polar surface area (TPSA) is 95.9 Å². The van der Waals surface area contributed by atoms with Gasteiger partial charge in [0.1, 0.15) is 0 Å². The molecule has 0 spiro atoms. The average Bonchev–Trinajstić information content (AvgIpc) is 3.16. The van der Waals surface area contributed by atoms with Crippen LogP contribution in [0.4, 0.5) is 5.69 Å². The van der Waals surface area contributed by atoms with Crippen molar-refractivity contribution in [1.29, 1.82) is 0 Å². The number of aromatic amines is 1. The van der Waals surface area contributed by atoms with E-state index in [1.807, 2.05) is 15.8 Å². The zero-order valence-corrected chi connectivity index (χ0v) is 15.2. The Balaban J connectivity index is 1.36. The highest BCUT2D eigenvalue weighted by Crippen LogP contribution is 2.26. The molecule has 2 aliphatic rings. The van der Waals surface area contributed by atoms with Crippen LogP contribution in [0.3, 0.4) is 0 Å². The summed E-state index contributed by atoms with van der Waals surface area (Å²) in [7, 11) is 0. The molecule has 1 aliphatic heterocycles. The van der Waals surface area contributed by atoms with Crippen LogP contribution in [0.2, 0.25) is 0 Å². The maximum absolute atomic E-state index is 12.6. The van der Waals surface area contributed by atoms with Gasteiger partial charge in [-0.15, -0.1) is 0 Å². The Kier molecular flexibility index (Phi) is 4.26. The molecule has 0 saturated carbocycles. The number of anilines is 1.